The van der Waals surface area contributed by atoms with E-state index in [0.29, 0.717) is 0 Å². The molecule has 2 rings (SSSR count). The van der Waals surface area contributed by atoms with Crippen LogP contribution >= 0.6 is 0 Å². The lowest BCUT2D eigenvalue weighted by molar-refractivity contribution is -0.0385. The van der Waals surface area contributed by atoms with Gasteiger partial charge in [-0.2, -0.15) is 0 Å². The Morgan fingerprint density at radius 1 is 1.43 bits per heavy atom. The molecule has 116 valence electrons. The number of aromatic nitrogens is 2. The minimum Gasteiger partial charge on any atom is -0.387 e. The van der Waals surface area contributed by atoms with Gasteiger partial charge in [-0.1, -0.05) is 0 Å². The summed E-state index contributed by atoms with van der Waals surface area (Å²) in [5, 5.41) is 24.6. The normalized spacial score (nSPS) is 28.3. The van der Waals surface area contributed by atoms with Crippen molar-refractivity contribution < 1.29 is 19.7 Å². The molecular formula is C11H16N4O6. The van der Waals surface area contributed by atoms with E-state index < -0.39 is 41.8 Å². The number of aliphatic hydroxyl groups excluding tert-OH is 2. The summed E-state index contributed by atoms with van der Waals surface area (Å²) < 4.78 is 6.35. The zero-order chi connectivity index (χ0) is 15.6. The molecule has 0 radical (unpaired) electrons. The lowest BCUT2D eigenvalue weighted by Gasteiger charge is -2.16. The molecule has 21 heavy (non-hydrogen) atoms. The first-order valence-corrected chi connectivity index (χ1v) is 6.22. The maximum Gasteiger partial charge on any atom is 0.330 e. The van der Waals surface area contributed by atoms with E-state index in [2.05, 4.69) is 10.6 Å². The van der Waals surface area contributed by atoms with Gasteiger partial charge in [-0.3, -0.25) is 14.3 Å². The van der Waals surface area contributed by atoms with E-state index in [9.17, 15) is 24.6 Å². The predicted molar refractivity (Wildman–Crippen MR) is 69.7 cm³/mol. The largest absolute Gasteiger partial charge is 0.387 e. The highest BCUT2D eigenvalue weighted by Gasteiger charge is 2.44. The number of ether oxygens (including phenoxy) is 1. The van der Waals surface area contributed by atoms with Gasteiger partial charge >= 0.3 is 11.7 Å². The van der Waals surface area contributed by atoms with Gasteiger partial charge in [0.25, 0.3) is 5.56 Å². The van der Waals surface area contributed by atoms with E-state index in [4.69, 9.17) is 4.74 Å². The molecule has 1 aliphatic rings. The molecule has 4 atom stereocenters. The molecule has 1 aromatic rings. The van der Waals surface area contributed by atoms with Crippen molar-refractivity contribution in [2.45, 2.75) is 24.5 Å². The molecule has 0 spiro atoms. The van der Waals surface area contributed by atoms with E-state index in [0.717, 1.165) is 16.8 Å². The Labute approximate surface area is 118 Å². The SMILES string of the molecule is CNC(=O)NC[C@H]1O[C@@H](n2ccc(=O)[nH]c2=O)C(O)C1O. The monoisotopic (exact) mass is 300 g/mol. The van der Waals surface area contributed by atoms with E-state index >= 15 is 0 Å². The second-order valence-electron chi connectivity index (χ2n) is 4.52. The lowest BCUT2D eigenvalue weighted by Crippen LogP contribution is -2.42. The van der Waals surface area contributed by atoms with Gasteiger partial charge in [0, 0.05) is 25.9 Å². The number of amides is 2. The Morgan fingerprint density at radius 2 is 2.14 bits per heavy atom. The summed E-state index contributed by atoms with van der Waals surface area (Å²) in [4.78, 5) is 35.8. The molecular weight excluding hydrogens is 284 g/mol. The number of H-pyrrole nitrogens is 1. The van der Waals surface area contributed by atoms with Crippen LogP contribution in [0.1, 0.15) is 6.23 Å². The quantitative estimate of drug-likeness (QED) is 0.404. The maximum absolute atomic E-state index is 11.7. The van der Waals surface area contributed by atoms with Crippen LogP contribution < -0.4 is 21.9 Å². The van der Waals surface area contributed by atoms with Crippen LogP contribution in [0.2, 0.25) is 0 Å². The molecule has 10 nitrogen and oxygen atoms in total. The van der Waals surface area contributed by atoms with Gasteiger partial charge < -0.3 is 25.6 Å². The van der Waals surface area contributed by atoms with Crippen LogP contribution in [0.3, 0.4) is 0 Å². The lowest BCUT2D eigenvalue weighted by atomic mass is 10.1. The number of nitrogens with zero attached hydrogens (tertiary/aromatic N) is 1. The smallest absolute Gasteiger partial charge is 0.330 e. The van der Waals surface area contributed by atoms with Gasteiger partial charge in [-0.05, 0) is 0 Å². The summed E-state index contributed by atoms with van der Waals surface area (Å²) in [5.41, 5.74) is -1.35. The van der Waals surface area contributed by atoms with Gasteiger partial charge in [0.15, 0.2) is 6.23 Å². The molecule has 2 heterocycles. The van der Waals surface area contributed by atoms with Crippen LogP contribution in [0, 0.1) is 0 Å². The fraction of sp³-hybridized carbons (Fsp3) is 0.545. The van der Waals surface area contributed by atoms with Crippen molar-refractivity contribution in [3.05, 3.63) is 33.1 Å². The van der Waals surface area contributed by atoms with Gasteiger partial charge in [0.2, 0.25) is 0 Å². The molecule has 0 aliphatic carbocycles. The summed E-state index contributed by atoms with van der Waals surface area (Å²) >= 11 is 0. The summed E-state index contributed by atoms with van der Waals surface area (Å²) in [6, 6.07) is 0.630. The number of aromatic amines is 1. The zero-order valence-corrected chi connectivity index (χ0v) is 11.1. The third-order valence-corrected chi connectivity index (χ3v) is 3.15. The maximum atomic E-state index is 11.7. The van der Waals surface area contributed by atoms with Gasteiger partial charge in [0.1, 0.15) is 18.3 Å². The van der Waals surface area contributed by atoms with E-state index in [1.165, 1.54) is 7.05 Å². The van der Waals surface area contributed by atoms with Gasteiger partial charge in [-0.15, -0.1) is 0 Å². The van der Waals surface area contributed by atoms with Crippen molar-refractivity contribution in [1.82, 2.24) is 20.2 Å². The van der Waals surface area contributed by atoms with Crippen LogP contribution in [0.25, 0.3) is 0 Å². The van der Waals surface area contributed by atoms with Crippen molar-refractivity contribution in [2.75, 3.05) is 13.6 Å². The molecule has 5 N–H and O–H groups in total. The van der Waals surface area contributed by atoms with Crippen molar-refractivity contribution in [1.29, 1.82) is 0 Å². The Kier molecular flexibility index (Phi) is 4.40. The Balaban J connectivity index is 2.14. The summed E-state index contributed by atoms with van der Waals surface area (Å²) in [6.45, 7) is -0.0491. The van der Waals surface area contributed by atoms with Crippen LogP contribution in [0.5, 0.6) is 0 Å². The van der Waals surface area contributed by atoms with Crippen molar-refractivity contribution in [2.24, 2.45) is 0 Å². The number of carbonyl (C=O) groups is 1. The number of aliphatic hydroxyl groups is 2. The first-order valence-electron chi connectivity index (χ1n) is 6.22. The highest BCUT2D eigenvalue weighted by atomic mass is 16.6. The molecule has 1 aliphatic heterocycles. The highest BCUT2D eigenvalue weighted by Crippen LogP contribution is 2.27. The molecule has 2 unspecified atom stereocenters. The number of carbonyl (C=O) groups excluding carboxylic acids is 1. The second kappa shape index (κ2) is 6.08. The first kappa shape index (κ1) is 15.2. The molecule has 2 amide bonds. The van der Waals surface area contributed by atoms with E-state index in [1.807, 2.05) is 4.98 Å². The Morgan fingerprint density at radius 3 is 2.76 bits per heavy atom. The van der Waals surface area contributed by atoms with Gasteiger partial charge in [0.05, 0.1) is 0 Å². The standard InChI is InChI=1S/C11H16N4O6/c1-12-10(19)13-4-5-7(17)8(18)9(21-5)15-3-2-6(16)14-11(15)20/h2-3,5,7-9,17-18H,4H2,1H3,(H2,12,13,19)(H,14,16,20)/t5-,7?,8?,9-/m1/s1. The average molecular weight is 300 g/mol. The van der Waals surface area contributed by atoms with Crippen LogP contribution in [0.15, 0.2) is 21.9 Å². The predicted octanol–water partition coefficient (Wildman–Crippen LogP) is -2.92. The van der Waals surface area contributed by atoms with Crippen LogP contribution in [-0.2, 0) is 4.74 Å². The topological polar surface area (TPSA) is 146 Å². The van der Waals surface area contributed by atoms with Crippen molar-refractivity contribution >= 4 is 6.03 Å². The molecule has 10 heteroatoms. The average Bonchev–Trinajstić information content (AvgIpc) is 2.73. The molecule has 1 fully saturated rings. The molecule has 0 aromatic carbocycles. The summed E-state index contributed by atoms with van der Waals surface area (Å²) in [5.74, 6) is 0. The molecule has 0 saturated carbocycles. The van der Waals surface area contributed by atoms with Crippen LogP contribution in [0.4, 0.5) is 4.79 Å². The zero-order valence-electron chi connectivity index (χ0n) is 11.1. The number of hydrogen-bond acceptors (Lipinski definition) is 6. The number of rotatable bonds is 3. The van der Waals surface area contributed by atoms with Crippen molar-refractivity contribution in [3.63, 3.8) is 0 Å². The third-order valence-electron chi connectivity index (χ3n) is 3.15. The molecule has 1 aromatic heterocycles. The minimum atomic E-state index is -1.37. The molecule has 0 bridgehead atoms. The Hall–Kier alpha value is -2.17. The first-order chi connectivity index (χ1) is 9.93. The Bertz CT molecular complexity index is 626. The highest BCUT2D eigenvalue weighted by molar-refractivity contribution is 5.73. The summed E-state index contributed by atoms with van der Waals surface area (Å²) in [6.07, 6.45) is -3.53. The number of hydrogen-bond donors (Lipinski definition) is 5. The van der Waals surface area contributed by atoms with E-state index in [-0.39, 0.29) is 6.54 Å². The fourth-order valence-electron chi connectivity index (χ4n) is 2.04. The number of nitrogens with one attached hydrogen (secondary N) is 3. The van der Waals surface area contributed by atoms with Gasteiger partial charge in [-0.25, -0.2) is 9.59 Å². The van der Waals surface area contributed by atoms with Crippen molar-refractivity contribution in [3.8, 4) is 0 Å². The third kappa shape index (κ3) is 3.12. The fourth-order valence-corrected chi connectivity index (χ4v) is 2.04. The number of urea groups is 1. The molecule has 1 saturated heterocycles. The summed E-state index contributed by atoms with van der Waals surface area (Å²) in [7, 11) is 1.43. The second-order valence-corrected chi connectivity index (χ2v) is 4.52. The van der Waals surface area contributed by atoms with E-state index in [1.54, 1.807) is 0 Å². The van der Waals surface area contributed by atoms with Crippen LogP contribution in [-0.4, -0.2) is 57.7 Å². The minimum absolute atomic E-state index is 0.0491.